The van der Waals surface area contributed by atoms with Gasteiger partial charge in [0.25, 0.3) is 0 Å². The minimum absolute atomic E-state index is 0.0155. The molecule has 0 fully saturated rings. The maximum atomic E-state index is 14.9. The van der Waals surface area contributed by atoms with Crippen molar-refractivity contribution in [1.29, 1.82) is 0 Å². The molecule has 156 valence electrons. The summed E-state index contributed by atoms with van der Waals surface area (Å²) < 4.78 is 99.3. The molecule has 3 aromatic carbocycles. The number of alkyl halides is 3. The van der Waals surface area contributed by atoms with Gasteiger partial charge >= 0.3 is 6.18 Å². The summed E-state index contributed by atoms with van der Waals surface area (Å²) in [5.74, 6) is -4.24. The highest BCUT2D eigenvalue weighted by Gasteiger charge is 2.32. The van der Waals surface area contributed by atoms with Crippen LogP contribution in [-0.4, -0.2) is 15.9 Å². The van der Waals surface area contributed by atoms with Crippen molar-refractivity contribution >= 4 is 16.7 Å². The second-order valence-electron chi connectivity index (χ2n) is 6.46. The number of phenols is 1. The number of hydrogen-bond donors (Lipinski definition) is 1. The number of carbonyl (C=O) groups is 1. The van der Waals surface area contributed by atoms with Crippen LogP contribution in [0.4, 0.5) is 22.0 Å². The van der Waals surface area contributed by atoms with Gasteiger partial charge in [-0.15, -0.1) is 0 Å². The summed E-state index contributed by atoms with van der Waals surface area (Å²) >= 11 is 0. The van der Waals surface area contributed by atoms with Crippen LogP contribution >= 0.6 is 0 Å². The fourth-order valence-electron chi connectivity index (χ4n) is 3.08. The Bertz CT molecular complexity index is 1510. The number of halogens is 5. The summed E-state index contributed by atoms with van der Waals surface area (Å²) in [5, 5.41) is 9.74. The highest BCUT2D eigenvalue weighted by atomic mass is 19.4. The molecule has 1 heterocycles. The fraction of sp³-hybridized carbons (Fsp3) is 0.0435. The molecule has 0 radical (unpaired) electrons. The summed E-state index contributed by atoms with van der Waals surface area (Å²) in [6.07, 6.45) is -3.86. The van der Waals surface area contributed by atoms with Crippen LogP contribution in [0.2, 0.25) is 0 Å². The molecule has 0 saturated heterocycles. The van der Waals surface area contributed by atoms with Crippen LogP contribution in [0.1, 0.15) is 27.0 Å². The number of rotatable bonds is 3. The molecule has 0 bridgehead atoms. The molecule has 3 nitrogen and oxygen atoms in total. The van der Waals surface area contributed by atoms with Gasteiger partial charge in [0.15, 0.2) is 5.78 Å². The van der Waals surface area contributed by atoms with Crippen molar-refractivity contribution in [2.24, 2.45) is 0 Å². The molecule has 4 rings (SSSR count). The molecule has 0 aliphatic heterocycles. The summed E-state index contributed by atoms with van der Waals surface area (Å²) in [4.78, 5) is 17.6. The quantitative estimate of drug-likeness (QED) is 0.312. The van der Waals surface area contributed by atoms with Gasteiger partial charge < -0.3 is 5.11 Å². The highest BCUT2D eigenvalue weighted by Crippen LogP contribution is 2.36. The highest BCUT2D eigenvalue weighted by molar-refractivity contribution is 6.19. The largest absolute Gasteiger partial charge is 0.508 e. The predicted molar refractivity (Wildman–Crippen MR) is 104 cm³/mol. The van der Waals surface area contributed by atoms with Crippen LogP contribution < -0.4 is 0 Å². The predicted octanol–water partition coefficient (Wildman–Crippen LogP) is 6.14. The van der Waals surface area contributed by atoms with Gasteiger partial charge in [0.1, 0.15) is 17.4 Å². The summed E-state index contributed by atoms with van der Waals surface area (Å²) in [6, 6.07) is 0.965. The van der Waals surface area contributed by atoms with Gasteiger partial charge in [-0.1, -0.05) is 6.07 Å². The first kappa shape index (κ1) is 16.0. The second-order valence-corrected chi connectivity index (χ2v) is 6.46. The molecule has 1 N–H and O–H groups in total. The molecule has 4 aromatic rings. The number of aromatic hydroxyl groups is 1. The number of carbonyl (C=O) groups excluding carboxylic acids is 1. The lowest BCUT2D eigenvalue weighted by molar-refractivity contribution is -0.137. The first-order valence-electron chi connectivity index (χ1n) is 10.6. The fourth-order valence-corrected chi connectivity index (χ4v) is 3.08. The van der Waals surface area contributed by atoms with E-state index in [1.165, 1.54) is 6.07 Å². The van der Waals surface area contributed by atoms with Crippen molar-refractivity contribution in [2.75, 3.05) is 0 Å². The standard InChI is InChI=1S/C23H12F5NO2/c24-14-4-1-12(2-5-14)22(31)21-17-8-6-15(30)10-20(17)29-11-18(21)16-7-3-13(9-19(16)25)23(26,27)28/h1-11,30H/i1D,2D,4D,5D. The van der Waals surface area contributed by atoms with Gasteiger partial charge in [-0.2, -0.15) is 13.2 Å². The number of hydrogen-bond acceptors (Lipinski definition) is 3. The maximum absolute atomic E-state index is 14.9. The molecule has 31 heavy (non-hydrogen) atoms. The number of nitrogens with zero attached hydrogens (tertiary/aromatic N) is 1. The van der Waals surface area contributed by atoms with Crippen molar-refractivity contribution in [3.8, 4) is 16.9 Å². The van der Waals surface area contributed by atoms with Crippen LogP contribution in [0.3, 0.4) is 0 Å². The van der Waals surface area contributed by atoms with Gasteiger partial charge in [-0.05, 0) is 48.4 Å². The zero-order chi connectivity index (χ0) is 25.8. The zero-order valence-corrected chi connectivity index (χ0v) is 15.2. The van der Waals surface area contributed by atoms with Crippen molar-refractivity contribution in [3.05, 3.63) is 95.1 Å². The van der Waals surface area contributed by atoms with Crippen molar-refractivity contribution in [1.82, 2.24) is 4.98 Å². The Morgan fingerprint density at radius 1 is 0.968 bits per heavy atom. The third-order valence-corrected chi connectivity index (χ3v) is 4.49. The number of pyridine rings is 1. The summed E-state index contributed by atoms with van der Waals surface area (Å²) in [5.41, 5.74) is -3.26. The average molecular weight is 433 g/mol. The Balaban J connectivity index is 2.07. The molecule has 0 unspecified atom stereocenters. The topological polar surface area (TPSA) is 50.2 Å². The van der Waals surface area contributed by atoms with E-state index in [1.54, 1.807) is 0 Å². The smallest absolute Gasteiger partial charge is 0.416 e. The van der Waals surface area contributed by atoms with E-state index in [4.69, 9.17) is 5.48 Å². The molecule has 0 aliphatic carbocycles. The number of fused-ring (bicyclic) bond motifs is 1. The van der Waals surface area contributed by atoms with E-state index in [-0.39, 0.29) is 28.3 Å². The Labute approximate surface area is 178 Å². The van der Waals surface area contributed by atoms with Crippen LogP contribution in [0, 0.1) is 11.6 Å². The van der Waals surface area contributed by atoms with Crippen LogP contribution in [-0.2, 0) is 6.18 Å². The minimum atomic E-state index is -4.83. The lowest BCUT2D eigenvalue weighted by Crippen LogP contribution is -2.08. The molecule has 0 atom stereocenters. The minimum Gasteiger partial charge on any atom is -0.508 e. The number of ketones is 1. The number of phenolic OH excluding ortho intramolecular Hbond substituents is 1. The van der Waals surface area contributed by atoms with Crippen LogP contribution in [0.5, 0.6) is 5.75 Å². The van der Waals surface area contributed by atoms with Gasteiger partial charge in [0.2, 0.25) is 0 Å². The zero-order valence-electron chi connectivity index (χ0n) is 19.2. The third-order valence-electron chi connectivity index (χ3n) is 4.49. The van der Waals surface area contributed by atoms with E-state index in [0.29, 0.717) is 6.07 Å². The van der Waals surface area contributed by atoms with E-state index in [0.717, 1.165) is 24.4 Å². The third kappa shape index (κ3) is 3.84. The number of aromatic nitrogens is 1. The second kappa shape index (κ2) is 7.46. The van der Waals surface area contributed by atoms with Crippen LogP contribution in [0.25, 0.3) is 22.0 Å². The molecule has 0 aliphatic rings. The molecular weight excluding hydrogens is 417 g/mol. The summed E-state index contributed by atoms with van der Waals surface area (Å²) in [6.45, 7) is 0. The Morgan fingerprint density at radius 3 is 2.32 bits per heavy atom. The van der Waals surface area contributed by atoms with E-state index in [9.17, 15) is 31.9 Å². The number of benzene rings is 3. The summed E-state index contributed by atoms with van der Waals surface area (Å²) in [7, 11) is 0. The van der Waals surface area contributed by atoms with Crippen molar-refractivity contribution in [3.63, 3.8) is 0 Å². The molecule has 0 spiro atoms. The lowest BCUT2D eigenvalue weighted by atomic mass is 9.91. The molecular formula is C23H12F5NO2. The Kier molecular flexibility index (Phi) is 3.84. The molecule has 1 aromatic heterocycles. The van der Waals surface area contributed by atoms with Gasteiger partial charge in [-0.25, -0.2) is 8.78 Å². The van der Waals surface area contributed by atoms with Gasteiger partial charge in [-0.3, -0.25) is 9.78 Å². The van der Waals surface area contributed by atoms with E-state index in [2.05, 4.69) is 4.98 Å². The van der Waals surface area contributed by atoms with Crippen molar-refractivity contribution in [2.45, 2.75) is 6.18 Å². The Hall–Kier alpha value is -3.81. The molecule has 0 saturated carbocycles. The molecule has 8 heteroatoms. The van der Waals surface area contributed by atoms with E-state index < -0.39 is 70.0 Å². The molecule has 0 amide bonds. The Morgan fingerprint density at radius 2 is 1.68 bits per heavy atom. The van der Waals surface area contributed by atoms with E-state index in [1.807, 2.05) is 0 Å². The maximum Gasteiger partial charge on any atom is 0.416 e. The van der Waals surface area contributed by atoms with E-state index >= 15 is 0 Å². The normalized spacial score (nSPS) is 13.5. The first-order valence-corrected chi connectivity index (χ1v) is 8.62. The van der Waals surface area contributed by atoms with Gasteiger partial charge in [0, 0.05) is 39.9 Å². The van der Waals surface area contributed by atoms with Crippen molar-refractivity contribution < 1.29 is 37.3 Å². The monoisotopic (exact) mass is 433 g/mol. The van der Waals surface area contributed by atoms with Gasteiger partial charge in [0.05, 0.1) is 16.6 Å². The lowest BCUT2D eigenvalue weighted by Gasteiger charge is -2.14. The average Bonchev–Trinajstić information content (AvgIpc) is 2.80. The van der Waals surface area contributed by atoms with Crippen LogP contribution in [0.15, 0.2) is 66.8 Å². The first-order chi connectivity index (χ1) is 16.3. The SMILES string of the molecule is [2H]c1c([2H])c(C(=O)c2c(-c3ccc(C(F)(F)F)cc3F)cnc3cc(O)ccc23)c([2H])c([2H])c1F.